The first-order valence-electron chi connectivity index (χ1n) is 6.29. The normalized spacial score (nSPS) is 11.3. The van der Waals surface area contributed by atoms with Crippen molar-refractivity contribution >= 4 is 22.3 Å². The van der Waals surface area contributed by atoms with E-state index in [-0.39, 0.29) is 0 Å². The van der Waals surface area contributed by atoms with Crippen molar-refractivity contribution in [3.63, 3.8) is 0 Å². The molecule has 3 rings (SSSR count). The molecule has 0 fully saturated rings. The van der Waals surface area contributed by atoms with Crippen molar-refractivity contribution in [1.82, 2.24) is 10.2 Å². The predicted molar refractivity (Wildman–Crippen MR) is 77.2 cm³/mol. The van der Waals surface area contributed by atoms with Crippen molar-refractivity contribution in [3.8, 4) is 10.8 Å². The minimum atomic E-state index is 0.679. The molecule has 0 unspecified atom stereocenters. The quantitative estimate of drug-likeness (QED) is 0.793. The van der Waals surface area contributed by atoms with Gasteiger partial charge in [-0.05, 0) is 38.1 Å². The monoisotopic (exact) mass is 273 g/mol. The number of hydrogen-bond acceptors (Lipinski definition) is 5. The number of nitrogens with zero attached hydrogens (tertiary/aromatic N) is 2. The van der Waals surface area contributed by atoms with Crippen molar-refractivity contribution < 1.29 is 4.42 Å². The van der Waals surface area contributed by atoms with Crippen molar-refractivity contribution in [1.29, 1.82) is 0 Å². The van der Waals surface area contributed by atoms with Gasteiger partial charge in [0.05, 0.1) is 0 Å². The lowest BCUT2D eigenvalue weighted by Crippen LogP contribution is -1.99. The van der Waals surface area contributed by atoms with Crippen LogP contribution in [0.1, 0.15) is 17.0 Å². The molecule has 0 aliphatic heterocycles. The fraction of sp³-hybridized carbons (Fsp3) is 0.286. The van der Waals surface area contributed by atoms with Crippen LogP contribution in [-0.2, 0) is 6.42 Å². The molecule has 2 aromatic heterocycles. The molecule has 0 saturated heterocycles. The Bertz CT molecular complexity index is 702. The van der Waals surface area contributed by atoms with Crippen LogP contribution in [0.15, 0.2) is 28.7 Å². The van der Waals surface area contributed by atoms with Gasteiger partial charge >= 0.3 is 0 Å². The molecule has 98 valence electrons. The highest BCUT2D eigenvalue weighted by Crippen LogP contribution is 2.30. The summed E-state index contributed by atoms with van der Waals surface area (Å²) in [5.41, 5.74) is 7.61. The zero-order valence-electron chi connectivity index (χ0n) is 10.7. The topological polar surface area (TPSA) is 64.9 Å². The Labute approximate surface area is 115 Å². The van der Waals surface area contributed by atoms with Gasteiger partial charge in [0.15, 0.2) is 10.8 Å². The average Bonchev–Trinajstić information content (AvgIpc) is 3.01. The first kappa shape index (κ1) is 12.3. The van der Waals surface area contributed by atoms with Crippen LogP contribution in [0.2, 0.25) is 0 Å². The van der Waals surface area contributed by atoms with Crippen molar-refractivity contribution in [2.24, 2.45) is 5.73 Å². The van der Waals surface area contributed by atoms with E-state index < -0.39 is 0 Å². The maximum atomic E-state index is 5.81. The second-order valence-corrected chi connectivity index (χ2v) is 5.61. The zero-order chi connectivity index (χ0) is 13.2. The Morgan fingerprint density at radius 3 is 3.00 bits per heavy atom. The molecule has 0 aliphatic carbocycles. The summed E-state index contributed by atoms with van der Waals surface area (Å²) in [6, 6.07) is 8.17. The number of benzene rings is 1. The molecule has 2 heterocycles. The lowest BCUT2D eigenvalue weighted by Gasteiger charge is -1.89. The van der Waals surface area contributed by atoms with Gasteiger partial charge in [0, 0.05) is 11.8 Å². The molecule has 0 aliphatic rings. The molecule has 0 amide bonds. The van der Waals surface area contributed by atoms with Gasteiger partial charge in [-0.25, -0.2) is 0 Å². The third kappa shape index (κ3) is 2.52. The number of furan rings is 1. The zero-order valence-corrected chi connectivity index (χ0v) is 11.5. The third-order valence-corrected chi connectivity index (χ3v) is 3.94. The van der Waals surface area contributed by atoms with Gasteiger partial charge in [-0.1, -0.05) is 23.0 Å². The highest BCUT2D eigenvalue weighted by atomic mass is 32.1. The summed E-state index contributed by atoms with van der Waals surface area (Å²) in [5.74, 6) is 0.789. The summed E-state index contributed by atoms with van der Waals surface area (Å²) in [7, 11) is 0. The Balaban J connectivity index is 1.92. The Hall–Kier alpha value is -1.72. The molecule has 0 atom stereocenters. The van der Waals surface area contributed by atoms with Gasteiger partial charge in [-0.3, -0.25) is 0 Å². The third-order valence-electron chi connectivity index (χ3n) is 2.94. The first-order chi connectivity index (χ1) is 9.26. The Morgan fingerprint density at radius 1 is 1.26 bits per heavy atom. The van der Waals surface area contributed by atoms with Crippen LogP contribution in [-0.4, -0.2) is 16.7 Å². The van der Waals surface area contributed by atoms with E-state index in [1.165, 1.54) is 5.56 Å². The molecule has 4 nitrogen and oxygen atoms in total. The summed E-state index contributed by atoms with van der Waals surface area (Å²) < 4.78 is 5.81. The number of aryl methyl sites for hydroxylation is 2. The van der Waals surface area contributed by atoms with Crippen molar-refractivity contribution in [2.75, 3.05) is 6.54 Å². The van der Waals surface area contributed by atoms with E-state index in [1.807, 2.05) is 18.2 Å². The van der Waals surface area contributed by atoms with Gasteiger partial charge in [-0.2, -0.15) is 0 Å². The molecule has 1 aromatic carbocycles. The summed E-state index contributed by atoms with van der Waals surface area (Å²) in [5, 5.41) is 11.3. The van der Waals surface area contributed by atoms with Crippen molar-refractivity contribution in [2.45, 2.75) is 19.8 Å². The van der Waals surface area contributed by atoms with E-state index >= 15 is 0 Å². The highest BCUT2D eigenvalue weighted by Gasteiger charge is 2.11. The van der Waals surface area contributed by atoms with Crippen molar-refractivity contribution in [3.05, 3.63) is 34.8 Å². The molecule has 2 N–H and O–H groups in total. The fourth-order valence-corrected chi connectivity index (χ4v) is 2.81. The van der Waals surface area contributed by atoms with Crippen LogP contribution in [0.5, 0.6) is 0 Å². The van der Waals surface area contributed by atoms with Gasteiger partial charge in [0.25, 0.3) is 0 Å². The molecule has 3 aromatic rings. The maximum Gasteiger partial charge on any atom is 0.183 e. The van der Waals surface area contributed by atoms with Crippen LogP contribution in [0, 0.1) is 6.92 Å². The number of nitrogens with two attached hydrogens (primary N) is 1. The van der Waals surface area contributed by atoms with Crippen LogP contribution in [0.25, 0.3) is 21.7 Å². The molecule has 5 heteroatoms. The summed E-state index contributed by atoms with van der Waals surface area (Å²) in [6.07, 6.45) is 1.82. The Kier molecular flexibility index (Phi) is 3.31. The number of rotatable bonds is 4. The molecule has 0 bridgehead atoms. The second kappa shape index (κ2) is 5.11. The minimum Gasteiger partial charge on any atom is -0.453 e. The van der Waals surface area contributed by atoms with E-state index in [0.717, 1.165) is 39.6 Å². The smallest absolute Gasteiger partial charge is 0.183 e. The number of fused-ring (bicyclic) bond motifs is 1. The van der Waals surface area contributed by atoms with Gasteiger partial charge < -0.3 is 10.2 Å². The molecular formula is C14H15N3OS. The van der Waals surface area contributed by atoms with Crippen LogP contribution in [0.4, 0.5) is 0 Å². The summed E-state index contributed by atoms with van der Waals surface area (Å²) in [4.78, 5) is 0. The second-order valence-electron chi connectivity index (χ2n) is 4.55. The van der Waals surface area contributed by atoms with Crippen LogP contribution >= 0.6 is 11.3 Å². The average molecular weight is 273 g/mol. The van der Waals surface area contributed by atoms with Crippen LogP contribution in [0.3, 0.4) is 0 Å². The van der Waals surface area contributed by atoms with E-state index in [0.29, 0.717) is 6.54 Å². The van der Waals surface area contributed by atoms with E-state index in [1.54, 1.807) is 11.3 Å². The maximum absolute atomic E-state index is 5.81. The summed E-state index contributed by atoms with van der Waals surface area (Å²) >= 11 is 1.57. The van der Waals surface area contributed by atoms with Gasteiger partial charge in [-0.15, -0.1) is 10.2 Å². The Morgan fingerprint density at radius 2 is 2.16 bits per heavy atom. The van der Waals surface area contributed by atoms with E-state index in [9.17, 15) is 0 Å². The first-order valence-corrected chi connectivity index (χ1v) is 7.11. The number of hydrogen-bond donors (Lipinski definition) is 1. The predicted octanol–water partition coefficient (Wildman–Crippen LogP) is 3.15. The van der Waals surface area contributed by atoms with E-state index in [4.69, 9.17) is 10.2 Å². The summed E-state index contributed by atoms with van der Waals surface area (Å²) in [6.45, 7) is 2.75. The molecule has 0 spiro atoms. The number of aromatic nitrogens is 2. The lowest BCUT2D eigenvalue weighted by molar-refractivity contribution is 0.629. The molecule has 0 radical (unpaired) electrons. The highest BCUT2D eigenvalue weighted by molar-refractivity contribution is 7.14. The molecule has 0 saturated carbocycles. The van der Waals surface area contributed by atoms with Gasteiger partial charge in [0.1, 0.15) is 10.6 Å². The lowest BCUT2D eigenvalue weighted by atomic mass is 10.2. The standard InChI is InChI=1S/C14H15N3OS/c1-9-4-5-11-10(7-9)8-12(18-11)14-17-16-13(19-14)3-2-6-15/h4-5,7-8H,2-3,6,15H2,1H3. The fourth-order valence-electron chi connectivity index (χ4n) is 1.98. The molecule has 19 heavy (non-hydrogen) atoms. The molecular weight excluding hydrogens is 258 g/mol. The SMILES string of the molecule is Cc1ccc2oc(-c3nnc(CCCN)s3)cc2c1. The van der Waals surface area contributed by atoms with Gasteiger partial charge in [0.2, 0.25) is 0 Å². The largest absolute Gasteiger partial charge is 0.453 e. The van der Waals surface area contributed by atoms with E-state index in [2.05, 4.69) is 23.2 Å². The van der Waals surface area contributed by atoms with Crippen LogP contribution < -0.4 is 5.73 Å². The minimum absolute atomic E-state index is 0.679.